The highest BCUT2D eigenvalue weighted by atomic mass is 16.6. The molecule has 2 heterocycles. The quantitative estimate of drug-likeness (QED) is 0.569. The molecule has 1 aromatic carbocycles. The van der Waals surface area contributed by atoms with Gasteiger partial charge in [-0.1, -0.05) is 12.1 Å². The van der Waals surface area contributed by atoms with Crippen LogP contribution in [-0.2, 0) is 11.2 Å². The molecule has 2 atom stereocenters. The molecule has 28 heavy (non-hydrogen) atoms. The third kappa shape index (κ3) is 6.36. The van der Waals surface area contributed by atoms with Crippen LogP contribution in [-0.4, -0.2) is 60.4 Å². The van der Waals surface area contributed by atoms with Crippen molar-refractivity contribution in [1.29, 1.82) is 0 Å². The van der Waals surface area contributed by atoms with Gasteiger partial charge in [-0.2, -0.15) is 0 Å². The van der Waals surface area contributed by atoms with E-state index in [1.807, 2.05) is 24.3 Å². The Bertz CT molecular complexity index is 714. The largest absolute Gasteiger partial charge is 0.497 e. The van der Waals surface area contributed by atoms with Crippen LogP contribution in [0.15, 0.2) is 42.7 Å². The van der Waals surface area contributed by atoms with Gasteiger partial charge in [0.05, 0.1) is 7.11 Å². The van der Waals surface area contributed by atoms with E-state index in [-0.39, 0.29) is 17.6 Å². The molecule has 5 N–H and O–H groups in total. The molecule has 1 aromatic heterocycles. The maximum absolute atomic E-state index is 12.1. The van der Waals surface area contributed by atoms with Crippen LogP contribution in [0, 0.1) is 0 Å². The average molecular weight is 389 g/mol. The first-order chi connectivity index (χ1) is 13.2. The first kappa shape index (κ1) is 21.4. The monoisotopic (exact) mass is 389 g/mol. The number of hydrogen-bond donors (Lipinski definition) is 3. The van der Waals surface area contributed by atoms with Crippen molar-refractivity contribution in [3.8, 4) is 5.75 Å². The summed E-state index contributed by atoms with van der Waals surface area (Å²) in [6.45, 7) is 1.79. The number of nitrogens with zero attached hydrogens (tertiary/aromatic N) is 2. The Hall–Kier alpha value is -2.91. The van der Waals surface area contributed by atoms with Crippen LogP contribution in [0.4, 0.5) is 10.7 Å². The lowest BCUT2D eigenvalue weighted by atomic mass is 10.0. The first-order valence-corrected chi connectivity index (χ1v) is 9.06. The van der Waals surface area contributed by atoms with Crippen LogP contribution in [0.2, 0.25) is 0 Å². The van der Waals surface area contributed by atoms with Crippen LogP contribution in [0.3, 0.4) is 0 Å². The summed E-state index contributed by atoms with van der Waals surface area (Å²) in [6, 6.07) is 9.81. The molecule has 0 spiro atoms. The number of amides is 1. The van der Waals surface area contributed by atoms with E-state index in [4.69, 9.17) is 9.47 Å². The molecule has 1 saturated heterocycles. The summed E-state index contributed by atoms with van der Waals surface area (Å²) < 4.78 is 10.8. The fraction of sp³-hybridized carbons (Fsp3) is 0.421. The van der Waals surface area contributed by atoms with Crippen LogP contribution < -0.4 is 20.7 Å². The Morgan fingerprint density at radius 1 is 1.21 bits per heavy atom. The molecule has 1 aliphatic heterocycles. The van der Waals surface area contributed by atoms with Gasteiger partial charge in [0.25, 0.3) is 0 Å². The molecule has 2 aromatic rings. The van der Waals surface area contributed by atoms with Crippen molar-refractivity contribution in [2.24, 2.45) is 0 Å². The fourth-order valence-corrected chi connectivity index (χ4v) is 3.01. The predicted molar refractivity (Wildman–Crippen MR) is 106 cm³/mol. The topological polar surface area (TPSA) is 129 Å². The highest BCUT2D eigenvalue weighted by molar-refractivity contribution is 5.67. The van der Waals surface area contributed by atoms with Crippen LogP contribution in [0.5, 0.6) is 5.75 Å². The van der Waals surface area contributed by atoms with E-state index in [1.165, 1.54) is 5.56 Å². The molecule has 2 unspecified atom stereocenters. The van der Waals surface area contributed by atoms with Crippen molar-refractivity contribution in [3.63, 3.8) is 0 Å². The standard InChI is InChI=1S/C19H25N5O3.H2O/c1-26-15-5-3-14(4-6-15)13-16-17(7-10-20-16)27-19(25)24-12-11-23-18-21-8-2-9-22-18;/h2-6,8-9,16-17,20H,7,10-13H2,1H3,(H,24,25)(H,21,22,23);1H2. The number of rotatable bonds is 8. The average Bonchev–Trinajstić information content (AvgIpc) is 3.13. The molecular formula is C19H27N5O4. The van der Waals surface area contributed by atoms with Crippen LogP contribution >= 0.6 is 0 Å². The van der Waals surface area contributed by atoms with Gasteiger partial charge in [-0.25, -0.2) is 14.8 Å². The number of anilines is 1. The molecule has 0 bridgehead atoms. The SMILES string of the molecule is COc1ccc(CC2NCCC2OC(=O)NCCNc2ncccn2)cc1.O. The third-order valence-electron chi connectivity index (χ3n) is 4.40. The summed E-state index contributed by atoms with van der Waals surface area (Å²) in [5, 5.41) is 9.20. The number of nitrogens with one attached hydrogen (secondary N) is 3. The molecule has 0 saturated carbocycles. The van der Waals surface area contributed by atoms with Gasteiger partial charge < -0.3 is 30.9 Å². The van der Waals surface area contributed by atoms with E-state index in [1.54, 1.807) is 25.6 Å². The van der Waals surface area contributed by atoms with E-state index >= 15 is 0 Å². The fourth-order valence-electron chi connectivity index (χ4n) is 3.01. The zero-order valence-corrected chi connectivity index (χ0v) is 15.9. The number of hydrogen-bond acceptors (Lipinski definition) is 7. The molecule has 0 aliphatic carbocycles. The maximum atomic E-state index is 12.1. The van der Waals surface area contributed by atoms with Gasteiger partial charge in [0.2, 0.25) is 5.95 Å². The molecule has 152 valence electrons. The third-order valence-corrected chi connectivity index (χ3v) is 4.40. The van der Waals surface area contributed by atoms with Crippen molar-refractivity contribution in [2.75, 3.05) is 32.1 Å². The van der Waals surface area contributed by atoms with Crippen LogP contribution in [0.25, 0.3) is 0 Å². The highest BCUT2D eigenvalue weighted by Gasteiger charge is 2.30. The number of carbonyl (C=O) groups is 1. The van der Waals surface area contributed by atoms with Gasteiger partial charge in [0.15, 0.2) is 0 Å². The molecule has 1 aliphatic rings. The summed E-state index contributed by atoms with van der Waals surface area (Å²) in [5.41, 5.74) is 1.18. The molecule has 1 amide bonds. The molecular weight excluding hydrogens is 362 g/mol. The van der Waals surface area contributed by atoms with Gasteiger partial charge in [-0.05, 0) is 43.1 Å². The summed E-state index contributed by atoms with van der Waals surface area (Å²) in [7, 11) is 1.65. The van der Waals surface area contributed by atoms with E-state index in [0.29, 0.717) is 19.0 Å². The second-order valence-corrected chi connectivity index (χ2v) is 6.27. The second-order valence-electron chi connectivity index (χ2n) is 6.27. The number of methoxy groups -OCH3 is 1. The van der Waals surface area contributed by atoms with Crippen molar-refractivity contribution < 1.29 is 19.7 Å². The van der Waals surface area contributed by atoms with E-state index < -0.39 is 6.09 Å². The van der Waals surface area contributed by atoms with E-state index in [2.05, 4.69) is 25.9 Å². The Morgan fingerprint density at radius 2 is 1.96 bits per heavy atom. The van der Waals surface area contributed by atoms with E-state index in [9.17, 15) is 4.79 Å². The first-order valence-electron chi connectivity index (χ1n) is 9.06. The maximum Gasteiger partial charge on any atom is 0.407 e. The van der Waals surface area contributed by atoms with Gasteiger partial charge in [0, 0.05) is 31.5 Å². The Labute approximate surface area is 164 Å². The zero-order valence-electron chi connectivity index (χ0n) is 15.9. The molecule has 9 heteroatoms. The summed E-state index contributed by atoms with van der Waals surface area (Å²) in [5.74, 6) is 1.37. The number of carbonyl (C=O) groups excluding carboxylic acids is 1. The lowest BCUT2D eigenvalue weighted by Gasteiger charge is -2.20. The Morgan fingerprint density at radius 3 is 2.68 bits per heavy atom. The normalized spacial score (nSPS) is 18.0. The van der Waals surface area contributed by atoms with Gasteiger partial charge >= 0.3 is 6.09 Å². The second kappa shape index (κ2) is 11.1. The van der Waals surface area contributed by atoms with Gasteiger partial charge in [0.1, 0.15) is 11.9 Å². The van der Waals surface area contributed by atoms with Crippen molar-refractivity contribution in [1.82, 2.24) is 20.6 Å². The number of alkyl carbamates (subject to hydrolysis) is 1. The summed E-state index contributed by atoms with van der Waals surface area (Å²) in [4.78, 5) is 20.2. The summed E-state index contributed by atoms with van der Waals surface area (Å²) in [6.07, 6.45) is 4.39. The predicted octanol–water partition coefficient (Wildman–Crippen LogP) is 0.772. The number of ether oxygens (including phenoxy) is 2. The van der Waals surface area contributed by atoms with Gasteiger partial charge in [-0.15, -0.1) is 0 Å². The smallest absolute Gasteiger partial charge is 0.407 e. The summed E-state index contributed by atoms with van der Waals surface area (Å²) >= 11 is 0. The van der Waals surface area contributed by atoms with Crippen LogP contribution in [0.1, 0.15) is 12.0 Å². The van der Waals surface area contributed by atoms with Gasteiger partial charge in [-0.3, -0.25) is 0 Å². The number of benzene rings is 1. The molecule has 1 fully saturated rings. The van der Waals surface area contributed by atoms with Crippen molar-refractivity contribution in [2.45, 2.75) is 25.0 Å². The zero-order chi connectivity index (χ0) is 18.9. The minimum atomic E-state index is -0.404. The molecule has 9 nitrogen and oxygen atoms in total. The molecule has 3 rings (SSSR count). The lowest BCUT2D eigenvalue weighted by molar-refractivity contribution is 0.0903. The minimum Gasteiger partial charge on any atom is -0.497 e. The molecule has 0 radical (unpaired) electrons. The number of aromatic nitrogens is 2. The van der Waals surface area contributed by atoms with E-state index in [0.717, 1.165) is 25.1 Å². The highest BCUT2D eigenvalue weighted by Crippen LogP contribution is 2.18. The lowest BCUT2D eigenvalue weighted by Crippen LogP contribution is -2.39. The van der Waals surface area contributed by atoms with Crippen molar-refractivity contribution in [3.05, 3.63) is 48.3 Å². The Kier molecular flexibility index (Phi) is 8.44. The minimum absolute atomic E-state index is 0. The Balaban J connectivity index is 0.00000280. The van der Waals surface area contributed by atoms with Crippen molar-refractivity contribution >= 4 is 12.0 Å².